The van der Waals surface area contributed by atoms with Gasteiger partial charge in [0.25, 0.3) is 0 Å². The fourth-order valence-electron chi connectivity index (χ4n) is 2.14. The highest BCUT2D eigenvalue weighted by Gasteiger charge is 2.14. The Kier molecular flexibility index (Phi) is 6.49. The molecule has 0 aromatic heterocycles. The topological polar surface area (TPSA) is 49.3 Å². The molecule has 3 nitrogen and oxygen atoms in total. The second kappa shape index (κ2) is 8.61. The first kappa shape index (κ1) is 16.6. The summed E-state index contributed by atoms with van der Waals surface area (Å²) in [5.74, 6) is -0.780. The maximum atomic E-state index is 11.1. The molecule has 2 aromatic carbocycles. The first-order chi connectivity index (χ1) is 10.7. The Hall–Kier alpha value is -1.78. The SMILES string of the molecule is CCCC(NCc1ccc(Sc2ccccc2)cc1)C(=O)O. The van der Waals surface area contributed by atoms with Crippen LogP contribution in [0.3, 0.4) is 0 Å². The van der Waals surface area contributed by atoms with Crippen molar-refractivity contribution in [2.45, 2.75) is 42.1 Å². The number of aliphatic carboxylic acids is 1. The lowest BCUT2D eigenvalue weighted by atomic mass is 10.1. The molecular formula is C18H21NO2S. The van der Waals surface area contributed by atoms with E-state index in [0.29, 0.717) is 13.0 Å². The summed E-state index contributed by atoms with van der Waals surface area (Å²) in [6.45, 7) is 2.57. The Morgan fingerprint density at radius 1 is 1.09 bits per heavy atom. The molecule has 0 saturated heterocycles. The van der Waals surface area contributed by atoms with Crippen LogP contribution in [0.25, 0.3) is 0 Å². The minimum atomic E-state index is -0.780. The van der Waals surface area contributed by atoms with Crippen LogP contribution < -0.4 is 5.32 Å². The summed E-state index contributed by atoms with van der Waals surface area (Å²) in [6, 6.07) is 18.0. The van der Waals surface area contributed by atoms with E-state index in [0.717, 1.165) is 12.0 Å². The van der Waals surface area contributed by atoms with Gasteiger partial charge in [0, 0.05) is 16.3 Å². The van der Waals surface area contributed by atoms with Crippen LogP contribution in [0.5, 0.6) is 0 Å². The molecule has 0 saturated carbocycles. The van der Waals surface area contributed by atoms with Gasteiger partial charge in [0.1, 0.15) is 6.04 Å². The molecule has 2 rings (SSSR count). The maximum absolute atomic E-state index is 11.1. The Morgan fingerprint density at radius 2 is 1.73 bits per heavy atom. The highest BCUT2D eigenvalue weighted by atomic mass is 32.2. The molecule has 1 atom stereocenters. The fraction of sp³-hybridized carbons (Fsp3) is 0.278. The number of carboxylic acid groups (broad SMARTS) is 1. The van der Waals surface area contributed by atoms with Crippen LogP contribution >= 0.6 is 11.8 Å². The number of benzene rings is 2. The average molecular weight is 315 g/mol. The molecule has 0 radical (unpaired) electrons. The number of nitrogens with one attached hydrogen (secondary N) is 1. The molecule has 0 aliphatic heterocycles. The predicted octanol–water partition coefficient (Wildman–Crippen LogP) is 4.18. The summed E-state index contributed by atoms with van der Waals surface area (Å²) in [5, 5.41) is 12.2. The van der Waals surface area contributed by atoms with Crippen molar-refractivity contribution < 1.29 is 9.90 Å². The van der Waals surface area contributed by atoms with Crippen molar-refractivity contribution in [1.29, 1.82) is 0 Å². The minimum absolute atomic E-state index is 0.469. The number of hydrogen-bond acceptors (Lipinski definition) is 3. The first-order valence-electron chi connectivity index (χ1n) is 7.47. The van der Waals surface area contributed by atoms with Crippen molar-refractivity contribution in [3.63, 3.8) is 0 Å². The van der Waals surface area contributed by atoms with Gasteiger partial charge in [-0.05, 0) is 36.2 Å². The van der Waals surface area contributed by atoms with E-state index in [2.05, 4.69) is 29.6 Å². The smallest absolute Gasteiger partial charge is 0.320 e. The largest absolute Gasteiger partial charge is 0.480 e. The van der Waals surface area contributed by atoms with Crippen molar-refractivity contribution in [1.82, 2.24) is 5.32 Å². The van der Waals surface area contributed by atoms with Crippen molar-refractivity contribution in [2.24, 2.45) is 0 Å². The molecule has 2 N–H and O–H groups in total. The van der Waals surface area contributed by atoms with Crippen molar-refractivity contribution in [2.75, 3.05) is 0 Å². The van der Waals surface area contributed by atoms with Crippen LogP contribution in [0.15, 0.2) is 64.4 Å². The van der Waals surface area contributed by atoms with E-state index in [1.807, 2.05) is 37.3 Å². The molecule has 0 fully saturated rings. The van der Waals surface area contributed by atoms with E-state index in [1.54, 1.807) is 11.8 Å². The zero-order valence-electron chi connectivity index (χ0n) is 12.7. The van der Waals surface area contributed by atoms with Crippen LogP contribution in [-0.2, 0) is 11.3 Å². The van der Waals surface area contributed by atoms with Crippen LogP contribution in [0.4, 0.5) is 0 Å². The summed E-state index contributed by atoms with van der Waals surface area (Å²) in [7, 11) is 0. The van der Waals surface area contributed by atoms with Gasteiger partial charge < -0.3 is 10.4 Å². The van der Waals surface area contributed by atoms with Crippen molar-refractivity contribution in [3.8, 4) is 0 Å². The van der Waals surface area contributed by atoms with Gasteiger partial charge in [-0.2, -0.15) is 0 Å². The highest BCUT2D eigenvalue weighted by molar-refractivity contribution is 7.99. The summed E-state index contributed by atoms with van der Waals surface area (Å²) < 4.78 is 0. The Morgan fingerprint density at radius 3 is 2.32 bits per heavy atom. The van der Waals surface area contributed by atoms with Gasteiger partial charge in [-0.25, -0.2) is 0 Å². The fourth-order valence-corrected chi connectivity index (χ4v) is 2.98. The number of carboxylic acids is 1. The third-order valence-corrected chi connectivity index (χ3v) is 4.35. The van der Waals surface area contributed by atoms with Crippen LogP contribution in [-0.4, -0.2) is 17.1 Å². The molecule has 0 aliphatic rings. The molecule has 0 heterocycles. The van der Waals surface area contributed by atoms with E-state index < -0.39 is 12.0 Å². The van der Waals surface area contributed by atoms with Gasteiger partial charge in [0.2, 0.25) is 0 Å². The molecule has 0 bridgehead atoms. The van der Waals surface area contributed by atoms with E-state index in [1.165, 1.54) is 9.79 Å². The van der Waals surface area contributed by atoms with Crippen LogP contribution in [0.1, 0.15) is 25.3 Å². The van der Waals surface area contributed by atoms with Crippen molar-refractivity contribution in [3.05, 3.63) is 60.2 Å². The lowest BCUT2D eigenvalue weighted by Crippen LogP contribution is -2.35. The lowest BCUT2D eigenvalue weighted by Gasteiger charge is -2.13. The Balaban J connectivity index is 1.90. The third kappa shape index (κ3) is 5.20. The van der Waals surface area contributed by atoms with Crippen LogP contribution in [0.2, 0.25) is 0 Å². The van der Waals surface area contributed by atoms with Gasteiger partial charge in [0.05, 0.1) is 0 Å². The average Bonchev–Trinajstić information content (AvgIpc) is 2.53. The van der Waals surface area contributed by atoms with Gasteiger partial charge in [-0.3, -0.25) is 4.79 Å². The van der Waals surface area contributed by atoms with E-state index >= 15 is 0 Å². The molecule has 22 heavy (non-hydrogen) atoms. The van der Waals surface area contributed by atoms with Crippen molar-refractivity contribution >= 4 is 17.7 Å². The summed E-state index contributed by atoms with van der Waals surface area (Å²) in [4.78, 5) is 13.5. The summed E-state index contributed by atoms with van der Waals surface area (Å²) in [6.07, 6.45) is 1.51. The molecule has 116 valence electrons. The molecular weight excluding hydrogens is 294 g/mol. The van der Waals surface area contributed by atoms with Gasteiger partial charge in [-0.1, -0.05) is 55.4 Å². The number of carbonyl (C=O) groups is 1. The predicted molar refractivity (Wildman–Crippen MR) is 90.2 cm³/mol. The molecule has 0 aliphatic carbocycles. The van der Waals surface area contributed by atoms with E-state index in [9.17, 15) is 4.79 Å². The first-order valence-corrected chi connectivity index (χ1v) is 8.28. The van der Waals surface area contributed by atoms with Gasteiger partial charge in [0.15, 0.2) is 0 Å². The number of rotatable bonds is 8. The molecule has 2 aromatic rings. The zero-order chi connectivity index (χ0) is 15.8. The molecule has 1 unspecified atom stereocenters. The quantitative estimate of drug-likeness (QED) is 0.767. The number of hydrogen-bond donors (Lipinski definition) is 2. The zero-order valence-corrected chi connectivity index (χ0v) is 13.5. The third-order valence-electron chi connectivity index (χ3n) is 3.33. The molecule has 4 heteroatoms. The van der Waals surface area contributed by atoms with Gasteiger partial charge in [-0.15, -0.1) is 0 Å². The van der Waals surface area contributed by atoms with Crippen LogP contribution in [0, 0.1) is 0 Å². The lowest BCUT2D eigenvalue weighted by molar-refractivity contribution is -0.139. The Bertz CT molecular complexity index is 584. The normalized spacial score (nSPS) is 12.0. The highest BCUT2D eigenvalue weighted by Crippen LogP contribution is 2.27. The minimum Gasteiger partial charge on any atom is -0.480 e. The Labute approximate surface area is 135 Å². The second-order valence-electron chi connectivity index (χ2n) is 5.12. The maximum Gasteiger partial charge on any atom is 0.320 e. The monoisotopic (exact) mass is 315 g/mol. The molecule has 0 amide bonds. The van der Waals surface area contributed by atoms with Gasteiger partial charge >= 0.3 is 5.97 Å². The summed E-state index contributed by atoms with van der Waals surface area (Å²) >= 11 is 1.72. The molecule has 0 spiro atoms. The van der Waals surface area contributed by atoms with E-state index in [-0.39, 0.29) is 0 Å². The standard InChI is InChI=1S/C18H21NO2S/c1-2-6-17(18(20)21)19-13-14-9-11-16(12-10-14)22-15-7-4-3-5-8-15/h3-5,7-12,17,19H,2,6,13H2,1H3,(H,20,21). The second-order valence-corrected chi connectivity index (χ2v) is 6.27. The van der Waals surface area contributed by atoms with E-state index in [4.69, 9.17) is 5.11 Å². The summed E-state index contributed by atoms with van der Waals surface area (Å²) in [5.41, 5.74) is 1.10.